The molecular weight excluding hydrogens is 276 g/mol. The molecule has 112 valence electrons. The lowest BCUT2D eigenvalue weighted by Crippen LogP contribution is -1.90. The van der Waals surface area contributed by atoms with Crippen molar-refractivity contribution in [1.29, 1.82) is 0 Å². The van der Waals surface area contributed by atoms with E-state index in [1.807, 2.05) is 36.4 Å². The van der Waals surface area contributed by atoms with E-state index < -0.39 is 6.16 Å². The zero-order valence-corrected chi connectivity index (χ0v) is 11.1. The normalized spacial score (nSPS) is 9.00. The quantitative estimate of drug-likeness (QED) is 0.785. The van der Waals surface area contributed by atoms with Crippen molar-refractivity contribution in [3.8, 4) is 0 Å². The summed E-state index contributed by atoms with van der Waals surface area (Å²) in [5.41, 5.74) is 0.819. The van der Waals surface area contributed by atoms with Crippen LogP contribution in [0.1, 0.15) is 5.56 Å². The summed E-state index contributed by atoms with van der Waals surface area (Å²) in [7, 11) is 0. The predicted molar refractivity (Wildman–Crippen MR) is 78.2 cm³/mol. The molecule has 21 heavy (non-hydrogen) atoms. The summed E-state index contributed by atoms with van der Waals surface area (Å²) in [6.07, 6.45) is 3.12. The molecule has 0 saturated heterocycles. The molecule has 1 aromatic heterocycles. The Labute approximate surface area is 121 Å². The lowest BCUT2D eigenvalue weighted by molar-refractivity contribution is 0.137. The molecule has 0 atom stereocenters. The van der Waals surface area contributed by atoms with E-state index in [1.165, 1.54) is 12.3 Å². The van der Waals surface area contributed by atoms with Crippen LogP contribution in [-0.4, -0.2) is 28.1 Å². The Hall–Kier alpha value is -2.86. The Bertz CT molecular complexity index is 552. The molecule has 0 spiro atoms. The van der Waals surface area contributed by atoms with Gasteiger partial charge in [-0.15, -0.1) is 0 Å². The fourth-order valence-electron chi connectivity index (χ4n) is 1.08. The molecule has 0 fully saturated rings. The van der Waals surface area contributed by atoms with Crippen LogP contribution in [0.3, 0.4) is 0 Å². The van der Waals surface area contributed by atoms with Crippen molar-refractivity contribution in [2.75, 3.05) is 6.61 Å². The second-order valence-electron chi connectivity index (χ2n) is 3.40. The van der Waals surface area contributed by atoms with E-state index >= 15 is 0 Å². The van der Waals surface area contributed by atoms with Gasteiger partial charge in [0.15, 0.2) is 0 Å². The molecule has 6 nitrogen and oxygen atoms in total. The highest BCUT2D eigenvalue weighted by Gasteiger charge is 1.79. The second kappa shape index (κ2) is 12.2. The number of carbonyl (C=O) groups is 1. The van der Waals surface area contributed by atoms with Gasteiger partial charge < -0.3 is 19.7 Å². The van der Waals surface area contributed by atoms with Crippen LogP contribution < -0.4 is 5.63 Å². The van der Waals surface area contributed by atoms with Crippen LogP contribution in [0, 0.1) is 0 Å². The SMILES string of the molecule is O=C(O)O.O=c1cccco1.OCC=Cc1ccccc1. The first kappa shape index (κ1) is 18.1. The van der Waals surface area contributed by atoms with E-state index in [9.17, 15) is 4.79 Å². The smallest absolute Gasteiger partial charge is 0.450 e. The minimum Gasteiger partial charge on any atom is -0.450 e. The zero-order chi connectivity index (χ0) is 15.9. The van der Waals surface area contributed by atoms with Crippen molar-refractivity contribution in [1.82, 2.24) is 0 Å². The Kier molecular flexibility index (Phi) is 10.5. The average Bonchev–Trinajstić information content (AvgIpc) is 2.47. The van der Waals surface area contributed by atoms with Crippen LogP contribution in [0.2, 0.25) is 0 Å². The number of hydrogen-bond donors (Lipinski definition) is 3. The first-order valence-corrected chi connectivity index (χ1v) is 5.84. The van der Waals surface area contributed by atoms with Crippen LogP contribution in [0.25, 0.3) is 6.08 Å². The fraction of sp³-hybridized carbons (Fsp3) is 0.0667. The Balaban J connectivity index is 0.000000317. The average molecular weight is 292 g/mol. The Morgan fingerprint density at radius 3 is 2.00 bits per heavy atom. The number of aliphatic hydroxyl groups excluding tert-OH is 1. The molecule has 3 N–H and O–H groups in total. The summed E-state index contributed by atoms with van der Waals surface area (Å²) in [6.45, 7) is 0.106. The van der Waals surface area contributed by atoms with Gasteiger partial charge in [-0.2, -0.15) is 0 Å². The van der Waals surface area contributed by atoms with Crippen molar-refractivity contribution >= 4 is 12.2 Å². The van der Waals surface area contributed by atoms with Gasteiger partial charge in [0.1, 0.15) is 0 Å². The minimum atomic E-state index is -1.83. The number of aliphatic hydroxyl groups is 1. The van der Waals surface area contributed by atoms with E-state index in [2.05, 4.69) is 4.42 Å². The molecule has 0 aliphatic heterocycles. The highest BCUT2D eigenvalue weighted by molar-refractivity contribution is 5.53. The molecule has 0 aliphatic rings. The molecule has 0 aliphatic carbocycles. The first-order valence-electron chi connectivity index (χ1n) is 5.84. The van der Waals surface area contributed by atoms with Gasteiger partial charge in [-0.05, 0) is 11.6 Å². The van der Waals surface area contributed by atoms with Crippen LogP contribution >= 0.6 is 0 Å². The molecule has 0 amide bonds. The highest BCUT2D eigenvalue weighted by Crippen LogP contribution is 1.99. The topological polar surface area (TPSA) is 108 Å². The zero-order valence-electron chi connectivity index (χ0n) is 11.1. The van der Waals surface area contributed by atoms with Crippen LogP contribution in [0.15, 0.2) is 70.1 Å². The van der Waals surface area contributed by atoms with Crippen molar-refractivity contribution in [2.24, 2.45) is 0 Å². The lowest BCUT2D eigenvalue weighted by atomic mass is 10.2. The molecule has 2 aromatic rings. The summed E-state index contributed by atoms with van der Waals surface area (Å²) in [6, 6.07) is 14.5. The molecule has 1 heterocycles. The Morgan fingerprint density at radius 2 is 1.62 bits per heavy atom. The van der Waals surface area contributed by atoms with Gasteiger partial charge in [-0.1, -0.05) is 48.6 Å². The van der Waals surface area contributed by atoms with Crippen molar-refractivity contribution in [3.63, 3.8) is 0 Å². The van der Waals surface area contributed by atoms with Crippen LogP contribution in [0.5, 0.6) is 0 Å². The summed E-state index contributed by atoms with van der Waals surface area (Å²) >= 11 is 0. The molecule has 6 heteroatoms. The summed E-state index contributed by atoms with van der Waals surface area (Å²) < 4.78 is 4.37. The largest absolute Gasteiger partial charge is 0.503 e. The van der Waals surface area contributed by atoms with E-state index in [4.69, 9.17) is 20.1 Å². The number of hydrogen-bond acceptors (Lipinski definition) is 4. The van der Waals surface area contributed by atoms with E-state index in [1.54, 1.807) is 18.2 Å². The van der Waals surface area contributed by atoms with Crippen LogP contribution in [-0.2, 0) is 0 Å². The molecule has 1 aromatic carbocycles. The Morgan fingerprint density at radius 1 is 1.05 bits per heavy atom. The summed E-state index contributed by atoms with van der Waals surface area (Å²) in [5, 5.41) is 22.4. The van der Waals surface area contributed by atoms with Gasteiger partial charge in [0, 0.05) is 6.07 Å². The maximum atomic E-state index is 10.1. The minimum absolute atomic E-state index is 0.106. The molecule has 0 bridgehead atoms. The standard InChI is InChI=1S/C9H10O.C5H4O2.CH2O3/c10-8-4-7-9-5-2-1-3-6-9;6-5-3-1-2-4-7-5;2-1(3)4/h1-7,10H,8H2;1-4H;(H2,2,3,4). The maximum absolute atomic E-state index is 10.1. The van der Waals surface area contributed by atoms with Crippen molar-refractivity contribution in [3.05, 3.63) is 76.9 Å². The predicted octanol–water partition coefficient (Wildman–Crippen LogP) is 2.55. The molecule has 0 radical (unpaired) electrons. The number of benzene rings is 1. The van der Waals surface area contributed by atoms with Gasteiger partial charge in [-0.25, -0.2) is 9.59 Å². The van der Waals surface area contributed by atoms with E-state index in [0.29, 0.717) is 0 Å². The van der Waals surface area contributed by atoms with Gasteiger partial charge in [0.05, 0.1) is 12.9 Å². The third kappa shape index (κ3) is 13.4. The number of carboxylic acid groups (broad SMARTS) is 2. The van der Waals surface area contributed by atoms with Gasteiger partial charge in [0.25, 0.3) is 0 Å². The monoisotopic (exact) mass is 292 g/mol. The number of rotatable bonds is 2. The van der Waals surface area contributed by atoms with Gasteiger partial charge >= 0.3 is 11.8 Å². The maximum Gasteiger partial charge on any atom is 0.503 e. The summed E-state index contributed by atoms with van der Waals surface area (Å²) in [4.78, 5) is 18.7. The molecule has 0 saturated carbocycles. The van der Waals surface area contributed by atoms with E-state index in [0.717, 1.165) is 5.56 Å². The third-order valence-corrected chi connectivity index (χ3v) is 1.82. The van der Waals surface area contributed by atoms with Crippen molar-refractivity contribution < 1.29 is 24.5 Å². The second-order valence-corrected chi connectivity index (χ2v) is 3.40. The summed E-state index contributed by atoms with van der Waals surface area (Å²) in [5.74, 6) is 0. The lowest BCUT2D eigenvalue weighted by Gasteiger charge is -1.88. The van der Waals surface area contributed by atoms with Gasteiger partial charge in [0.2, 0.25) is 0 Å². The van der Waals surface area contributed by atoms with E-state index in [-0.39, 0.29) is 12.2 Å². The molecular formula is C15H16O6. The molecule has 0 unspecified atom stereocenters. The van der Waals surface area contributed by atoms with Gasteiger partial charge in [-0.3, -0.25) is 0 Å². The van der Waals surface area contributed by atoms with Crippen molar-refractivity contribution in [2.45, 2.75) is 0 Å². The highest BCUT2D eigenvalue weighted by atomic mass is 16.6. The third-order valence-electron chi connectivity index (χ3n) is 1.82. The first-order chi connectivity index (χ1) is 10.1. The van der Waals surface area contributed by atoms with Crippen LogP contribution in [0.4, 0.5) is 4.79 Å². The fourth-order valence-corrected chi connectivity index (χ4v) is 1.08. The molecule has 2 rings (SSSR count).